The molecule has 9 heteroatoms. The van der Waals surface area contributed by atoms with Gasteiger partial charge >= 0.3 is 6.03 Å². The summed E-state index contributed by atoms with van der Waals surface area (Å²) in [5.41, 5.74) is 0.859. The Bertz CT molecular complexity index is 1130. The van der Waals surface area contributed by atoms with E-state index in [1.54, 1.807) is 37.3 Å². The number of anilines is 1. The van der Waals surface area contributed by atoms with Gasteiger partial charge in [0.05, 0.1) is 18.2 Å². The highest BCUT2D eigenvalue weighted by Crippen LogP contribution is 2.26. The van der Waals surface area contributed by atoms with Gasteiger partial charge in [0, 0.05) is 17.8 Å². The highest BCUT2D eigenvalue weighted by molar-refractivity contribution is 6.07. The number of nitriles is 1. The van der Waals surface area contributed by atoms with E-state index in [2.05, 4.69) is 16.0 Å². The third-order valence-corrected chi connectivity index (χ3v) is 5.34. The Morgan fingerprint density at radius 3 is 2.73 bits per heavy atom. The van der Waals surface area contributed by atoms with Crippen LogP contribution in [0.3, 0.4) is 0 Å². The lowest BCUT2D eigenvalue weighted by Crippen LogP contribution is -2.44. The average molecular weight is 451 g/mol. The number of amides is 3. The minimum Gasteiger partial charge on any atom is -0.342 e. The number of halogens is 1. The van der Waals surface area contributed by atoms with Crippen molar-refractivity contribution in [1.29, 1.82) is 10.7 Å². The van der Waals surface area contributed by atoms with Crippen molar-refractivity contribution in [3.63, 3.8) is 0 Å². The van der Waals surface area contributed by atoms with Crippen molar-refractivity contribution in [2.45, 2.75) is 45.8 Å². The number of carbonyl (C=O) groups excluding carboxylic acids is 2. The van der Waals surface area contributed by atoms with Gasteiger partial charge in [-0.2, -0.15) is 5.26 Å². The molecule has 1 fully saturated rings. The summed E-state index contributed by atoms with van der Waals surface area (Å²) in [6.07, 6.45) is 0.590. The van der Waals surface area contributed by atoms with Crippen LogP contribution in [0.25, 0.3) is 0 Å². The van der Waals surface area contributed by atoms with E-state index in [1.165, 1.54) is 17.0 Å². The van der Waals surface area contributed by atoms with Crippen molar-refractivity contribution in [3.05, 3.63) is 65.0 Å². The highest BCUT2D eigenvalue weighted by Gasteiger charge is 2.45. The average Bonchev–Trinajstić information content (AvgIpc) is 2.95. The third kappa shape index (κ3) is 5.66. The number of urea groups is 1. The molecular formula is C24H27FN6O2. The maximum Gasteiger partial charge on any atom is 0.319 e. The van der Waals surface area contributed by atoms with E-state index < -0.39 is 17.4 Å². The fourth-order valence-corrected chi connectivity index (χ4v) is 3.92. The molecule has 1 saturated heterocycles. The van der Waals surface area contributed by atoms with E-state index >= 15 is 0 Å². The van der Waals surface area contributed by atoms with Crippen molar-refractivity contribution in [2.24, 2.45) is 5.92 Å². The van der Waals surface area contributed by atoms with E-state index in [1.807, 2.05) is 19.9 Å². The zero-order valence-electron chi connectivity index (χ0n) is 18.8. The topological polar surface area (TPSA) is 121 Å². The van der Waals surface area contributed by atoms with Gasteiger partial charge in [-0.05, 0) is 49.1 Å². The molecule has 0 bridgehead atoms. The van der Waals surface area contributed by atoms with Gasteiger partial charge < -0.3 is 16.0 Å². The molecule has 172 valence electrons. The molecule has 4 N–H and O–H groups in total. The first kappa shape index (κ1) is 23.7. The zero-order valence-corrected chi connectivity index (χ0v) is 18.8. The summed E-state index contributed by atoms with van der Waals surface area (Å²) >= 11 is 0. The number of hydrogen-bond donors (Lipinski definition) is 4. The van der Waals surface area contributed by atoms with Gasteiger partial charge in [0.1, 0.15) is 11.4 Å². The lowest BCUT2D eigenvalue weighted by atomic mass is 9.91. The minimum absolute atomic E-state index is 0.00596. The quantitative estimate of drug-likeness (QED) is 0.514. The highest BCUT2D eigenvalue weighted by atomic mass is 19.1. The first-order valence-corrected chi connectivity index (χ1v) is 10.6. The molecule has 0 saturated carbocycles. The molecule has 8 nitrogen and oxygen atoms in total. The van der Waals surface area contributed by atoms with Crippen LogP contribution in [0.1, 0.15) is 43.9 Å². The Labute approximate surface area is 192 Å². The van der Waals surface area contributed by atoms with E-state index in [-0.39, 0.29) is 36.4 Å². The Hall–Kier alpha value is -3.93. The second-order valence-corrected chi connectivity index (χ2v) is 8.72. The molecule has 0 aromatic heterocycles. The molecule has 1 aliphatic rings. The smallest absolute Gasteiger partial charge is 0.319 e. The molecular weight excluding hydrogens is 423 g/mol. The number of nitrogens with zero attached hydrogens (tertiary/aromatic N) is 2. The molecule has 3 rings (SSSR count). The van der Waals surface area contributed by atoms with Gasteiger partial charge in [-0.25, -0.2) is 9.18 Å². The number of rotatable bonds is 7. The normalized spacial score (nSPS) is 17.6. The van der Waals surface area contributed by atoms with Crippen molar-refractivity contribution in [2.75, 3.05) is 5.32 Å². The Kier molecular flexibility index (Phi) is 6.97. The molecule has 1 heterocycles. The molecule has 0 spiro atoms. The molecule has 0 radical (unpaired) electrons. The van der Waals surface area contributed by atoms with Crippen LogP contribution >= 0.6 is 0 Å². The predicted octanol–water partition coefficient (Wildman–Crippen LogP) is 3.69. The van der Waals surface area contributed by atoms with Gasteiger partial charge in [-0.15, -0.1) is 0 Å². The monoisotopic (exact) mass is 450 g/mol. The van der Waals surface area contributed by atoms with E-state index in [0.29, 0.717) is 23.2 Å². The van der Waals surface area contributed by atoms with Crippen molar-refractivity contribution in [3.8, 4) is 6.07 Å². The van der Waals surface area contributed by atoms with Crippen LogP contribution in [0.5, 0.6) is 0 Å². The number of nitrogens with one attached hydrogen (secondary N) is 4. The number of hydrogen-bond acceptors (Lipinski definition) is 4. The van der Waals surface area contributed by atoms with Gasteiger partial charge in [0.25, 0.3) is 5.91 Å². The maximum atomic E-state index is 14.6. The SMILES string of the molecule is CC(C)CC1(C)NC(=N)N(Cc2ccc(CNC(=O)Nc3cccc(C#N)c3)c(F)c2)C1=O. The molecule has 33 heavy (non-hydrogen) atoms. The number of benzene rings is 2. The third-order valence-electron chi connectivity index (χ3n) is 5.34. The molecule has 0 aliphatic carbocycles. The molecule has 1 unspecified atom stereocenters. The Morgan fingerprint density at radius 1 is 1.30 bits per heavy atom. The number of carbonyl (C=O) groups is 2. The maximum absolute atomic E-state index is 14.6. The lowest BCUT2D eigenvalue weighted by molar-refractivity contribution is -0.131. The molecule has 1 aliphatic heterocycles. The largest absolute Gasteiger partial charge is 0.342 e. The zero-order chi connectivity index (χ0) is 24.2. The minimum atomic E-state index is -0.840. The van der Waals surface area contributed by atoms with Crippen LogP contribution in [-0.2, 0) is 17.9 Å². The van der Waals surface area contributed by atoms with Crippen molar-refractivity contribution < 1.29 is 14.0 Å². The summed E-state index contributed by atoms with van der Waals surface area (Å²) in [5, 5.41) is 25.2. The summed E-state index contributed by atoms with van der Waals surface area (Å²) in [6.45, 7) is 5.85. The number of guanidine groups is 1. The standard InChI is InChI=1S/C24H27FN6O2/c1-15(2)11-24(3)21(32)31(22(27)30-24)14-17-7-8-18(20(25)10-17)13-28-23(33)29-19-6-4-5-16(9-19)12-26/h4-10,15H,11,13-14H2,1-3H3,(H2,27,30)(H2,28,29,33). The summed E-state index contributed by atoms with van der Waals surface area (Å²) < 4.78 is 14.6. The van der Waals surface area contributed by atoms with Crippen LogP contribution in [0, 0.1) is 28.5 Å². The second kappa shape index (κ2) is 9.69. The molecule has 1 atom stereocenters. The van der Waals surface area contributed by atoms with Crippen molar-refractivity contribution >= 4 is 23.6 Å². The predicted molar refractivity (Wildman–Crippen MR) is 123 cm³/mol. The molecule has 2 aromatic rings. The lowest BCUT2D eigenvalue weighted by Gasteiger charge is -2.24. The van der Waals surface area contributed by atoms with Gasteiger partial charge in [-0.1, -0.05) is 32.0 Å². The van der Waals surface area contributed by atoms with Crippen LogP contribution in [0.15, 0.2) is 42.5 Å². The Morgan fingerprint density at radius 2 is 2.06 bits per heavy atom. The summed E-state index contributed by atoms with van der Waals surface area (Å²) in [5.74, 6) is -0.442. The van der Waals surface area contributed by atoms with E-state index in [0.717, 1.165) is 0 Å². The summed E-state index contributed by atoms with van der Waals surface area (Å²) in [4.78, 5) is 26.3. The van der Waals surface area contributed by atoms with Gasteiger partial charge in [0.2, 0.25) is 0 Å². The second-order valence-electron chi connectivity index (χ2n) is 8.72. The molecule has 2 aromatic carbocycles. The first-order valence-electron chi connectivity index (χ1n) is 10.6. The fraction of sp³-hybridized carbons (Fsp3) is 0.333. The summed E-state index contributed by atoms with van der Waals surface area (Å²) in [6, 6.07) is 12.5. The van der Waals surface area contributed by atoms with Crippen molar-refractivity contribution in [1.82, 2.24) is 15.5 Å². The summed E-state index contributed by atoms with van der Waals surface area (Å²) in [7, 11) is 0. The van der Waals surface area contributed by atoms with E-state index in [4.69, 9.17) is 10.7 Å². The Balaban J connectivity index is 1.60. The van der Waals surface area contributed by atoms with Crippen LogP contribution in [0.2, 0.25) is 0 Å². The molecule has 3 amide bonds. The van der Waals surface area contributed by atoms with Gasteiger partial charge in [-0.3, -0.25) is 15.1 Å². The fourth-order valence-electron chi connectivity index (χ4n) is 3.92. The van der Waals surface area contributed by atoms with E-state index in [9.17, 15) is 14.0 Å². The van der Waals surface area contributed by atoms with Crippen LogP contribution < -0.4 is 16.0 Å². The van der Waals surface area contributed by atoms with Crippen LogP contribution in [0.4, 0.5) is 14.9 Å². The van der Waals surface area contributed by atoms with Crippen LogP contribution in [-0.4, -0.2) is 28.3 Å². The first-order chi connectivity index (χ1) is 15.6. The van der Waals surface area contributed by atoms with Gasteiger partial charge in [0.15, 0.2) is 5.96 Å².